The first-order valence-corrected chi connectivity index (χ1v) is 23.6. The molecule has 1 aliphatic heterocycles. The van der Waals surface area contributed by atoms with Gasteiger partial charge in [-0.15, -0.1) is 0 Å². The van der Waals surface area contributed by atoms with Gasteiger partial charge in [0.25, 0.3) is 0 Å². The molecule has 1 fully saturated rings. The summed E-state index contributed by atoms with van der Waals surface area (Å²) in [7, 11) is -4.82. The number of aliphatic hydroxyl groups excluding tert-OH is 1. The Balaban J connectivity index is 1.02. The van der Waals surface area contributed by atoms with Crippen molar-refractivity contribution < 1.29 is 41.9 Å². The number of carbonyl (C=O) groups is 1. The van der Waals surface area contributed by atoms with E-state index in [0.717, 1.165) is 85.4 Å². The Hall–Kier alpha value is -4.62. The van der Waals surface area contributed by atoms with Crippen LogP contribution >= 0.6 is 7.82 Å². The van der Waals surface area contributed by atoms with E-state index in [1.54, 1.807) is 0 Å². The van der Waals surface area contributed by atoms with E-state index in [9.17, 15) is 24.2 Å². The number of nitrogens with zero attached hydrogens (tertiary/aromatic N) is 2. The third kappa shape index (κ3) is 14.4. The highest BCUT2D eigenvalue weighted by Gasteiger charge is 2.60. The van der Waals surface area contributed by atoms with Crippen LogP contribution in [0.2, 0.25) is 0 Å². The van der Waals surface area contributed by atoms with Crippen molar-refractivity contribution >= 4 is 19.5 Å². The second-order valence-corrected chi connectivity index (χ2v) is 18.6. The molecule has 0 radical (unpaired) electrons. The number of anilines is 1. The fourth-order valence-corrected chi connectivity index (χ4v) is 8.59. The molecule has 3 aromatic rings. The van der Waals surface area contributed by atoms with Gasteiger partial charge in [0.05, 0.1) is 13.2 Å². The molecule has 5 rings (SSSR count). The number of phosphoric acid groups is 1. The molecule has 64 heavy (non-hydrogen) atoms. The molecule has 1 aromatic heterocycles. The molecule has 0 spiro atoms. The third-order valence-corrected chi connectivity index (χ3v) is 12.5. The fourth-order valence-electron chi connectivity index (χ4n) is 7.84. The van der Waals surface area contributed by atoms with Gasteiger partial charge in [-0.1, -0.05) is 107 Å². The van der Waals surface area contributed by atoms with Gasteiger partial charge >= 0.3 is 19.4 Å². The summed E-state index contributed by atoms with van der Waals surface area (Å²) < 4.78 is 59.7. The fraction of sp³-hybridized carbons (Fsp3) is 0.460. The molecule has 1 aliphatic carbocycles. The molecule has 0 saturated carbocycles. The van der Waals surface area contributed by atoms with Crippen molar-refractivity contribution in [3.05, 3.63) is 141 Å². The van der Waals surface area contributed by atoms with Crippen LogP contribution in [0.4, 0.5) is 14.6 Å². The lowest BCUT2D eigenvalue weighted by molar-refractivity contribution is -0.140. The first-order chi connectivity index (χ1) is 30.4. The molecule has 1 amide bonds. The maximum absolute atomic E-state index is 15.3. The maximum atomic E-state index is 15.3. The average molecular weight is 904 g/mol. The highest BCUT2D eigenvalue weighted by molar-refractivity contribution is 7.47. The molecule has 3 N–H and O–H groups in total. The van der Waals surface area contributed by atoms with Crippen molar-refractivity contribution in [2.75, 3.05) is 18.5 Å². The van der Waals surface area contributed by atoms with Crippen LogP contribution in [-0.4, -0.2) is 56.8 Å². The van der Waals surface area contributed by atoms with Gasteiger partial charge in [-0.2, -0.15) is 13.8 Å². The number of aromatic nitrogens is 2. The Bertz CT molecular complexity index is 2300. The van der Waals surface area contributed by atoms with Gasteiger partial charge in [0, 0.05) is 18.5 Å². The van der Waals surface area contributed by atoms with Crippen LogP contribution in [0.5, 0.6) is 0 Å². The number of amides is 1. The highest BCUT2D eigenvalue weighted by Crippen LogP contribution is 2.50. The Morgan fingerprint density at radius 2 is 1.27 bits per heavy atom. The van der Waals surface area contributed by atoms with E-state index in [4.69, 9.17) is 13.8 Å². The predicted molar refractivity (Wildman–Crippen MR) is 248 cm³/mol. The first-order valence-electron chi connectivity index (χ1n) is 22.1. The van der Waals surface area contributed by atoms with E-state index in [-0.39, 0.29) is 24.8 Å². The van der Waals surface area contributed by atoms with Crippen molar-refractivity contribution in [2.45, 2.75) is 136 Å². The highest BCUT2D eigenvalue weighted by atomic mass is 31.2. The SMILES string of the molecule is CC(C)=CCC/C(C)=C/CC/C(C)=C/CC/C=C(\C)CC/C=C(\C)CCC(=O)Nc1ccn([C@@H]2O[C@H](COP(=O)(O)OCC3c4ccccc4-c4ccccc43)[C@@H](O)C2(F)F)c(=O)n1. The summed E-state index contributed by atoms with van der Waals surface area (Å²) in [5.41, 5.74) is 9.17. The number of allylic oxidation sites excluding steroid dienone is 10. The summed E-state index contributed by atoms with van der Waals surface area (Å²) in [4.78, 5) is 39.8. The Kier molecular flexibility index (Phi) is 18.5. The molecular weight excluding hydrogens is 840 g/mol. The predicted octanol–water partition coefficient (Wildman–Crippen LogP) is 11.7. The molecule has 2 aliphatic rings. The lowest BCUT2D eigenvalue weighted by Crippen LogP contribution is -2.42. The summed E-state index contributed by atoms with van der Waals surface area (Å²) in [5, 5.41) is 13.0. The zero-order chi connectivity index (χ0) is 46.4. The minimum Gasteiger partial charge on any atom is -0.384 e. The lowest BCUT2D eigenvalue weighted by Gasteiger charge is -2.21. The van der Waals surface area contributed by atoms with Gasteiger partial charge in [-0.25, -0.2) is 9.36 Å². The summed E-state index contributed by atoms with van der Waals surface area (Å²) in [5.74, 6) is -4.93. The van der Waals surface area contributed by atoms with Gasteiger partial charge in [-0.3, -0.25) is 18.4 Å². The molecule has 4 atom stereocenters. The zero-order valence-electron chi connectivity index (χ0n) is 37.9. The summed E-state index contributed by atoms with van der Waals surface area (Å²) in [6, 6.07) is 16.4. The minimum absolute atomic E-state index is 0.121. The summed E-state index contributed by atoms with van der Waals surface area (Å²) >= 11 is 0. The van der Waals surface area contributed by atoms with Crippen LogP contribution < -0.4 is 11.0 Å². The van der Waals surface area contributed by atoms with E-state index in [2.05, 4.69) is 75.3 Å². The number of carbonyl (C=O) groups excluding carboxylic acids is 1. The van der Waals surface area contributed by atoms with Crippen LogP contribution in [0, 0.1) is 0 Å². The molecule has 2 aromatic carbocycles. The van der Waals surface area contributed by atoms with E-state index < -0.39 is 50.4 Å². The van der Waals surface area contributed by atoms with Crippen LogP contribution in [0.15, 0.2) is 124 Å². The number of aliphatic hydroxyl groups is 1. The number of hydrogen-bond acceptors (Lipinski definition) is 8. The number of unbranched alkanes of at least 4 members (excludes halogenated alkanes) is 1. The van der Waals surface area contributed by atoms with Gasteiger partial charge in [-0.05, 0) is 128 Å². The standard InChI is InChI=1S/C50H64F2N3O8P/c1-34(2)16-13-19-37(5)22-14-20-35(3)17-7-8-18-36(4)21-15-23-38(6)28-29-46(56)53-45-30-31-55(49(58)54-45)48-50(51,52)47(57)44(63-48)33-62-64(59,60)61-32-43-41-26-11-9-24-39(41)40-25-10-12-27-42(40)43/h9-12,16-18,22-27,30-31,43-44,47-48,57H,7-8,13-15,19-21,28-29,32-33H2,1-6H3,(H,59,60)(H,53,54,56,58)/b35-17+,36-18+,37-22+,38-23+/t44-,47-,48-/m1/s1. The molecule has 0 bridgehead atoms. The largest absolute Gasteiger partial charge is 0.472 e. The number of hydrogen-bond donors (Lipinski definition) is 3. The van der Waals surface area contributed by atoms with Crippen molar-refractivity contribution in [2.24, 2.45) is 0 Å². The molecule has 14 heteroatoms. The normalized spacial score (nSPS) is 19.9. The van der Waals surface area contributed by atoms with E-state index in [0.29, 0.717) is 11.0 Å². The molecule has 346 valence electrons. The zero-order valence-corrected chi connectivity index (χ0v) is 38.8. The summed E-state index contributed by atoms with van der Waals surface area (Å²) in [6.07, 6.45) is 14.5. The van der Waals surface area contributed by atoms with Gasteiger partial charge in [0.2, 0.25) is 12.1 Å². The molecule has 1 unspecified atom stereocenters. The number of nitrogens with one attached hydrogen (secondary N) is 1. The average Bonchev–Trinajstić information content (AvgIpc) is 3.68. The number of phosphoric ester groups is 1. The van der Waals surface area contributed by atoms with Crippen molar-refractivity contribution in [3.63, 3.8) is 0 Å². The molecule has 2 heterocycles. The Labute approximate surface area is 376 Å². The quantitative estimate of drug-likeness (QED) is 0.0480. The number of halogens is 2. The van der Waals surface area contributed by atoms with Crippen molar-refractivity contribution in [3.8, 4) is 11.1 Å². The number of fused-ring (bicyclic) bond motifs is 3. The van der Waals surface area contributed by atoms with E-state index in [1.165, 1.54) is 28.4 Å². The van der Waals surface area contributed by atoms with Crippen molar-refractivity contribution in [1.82, 2.24) is 9.55 Å². The summed E-state index contributed by atoms with van der Waals surface area (Å²) in [6.45, 7) is 11.6. The van der Waals surface area contributed by atoms with E-state index in [1.807, 2.05) is 55.5 Å². The Morgan fingerprint density at radius 1 is 0.766 bits per heavy atom. The van der Waals surface area contributed by atoms with E-state index >= 15 is 8.78 Å². The van der Waals surface area contributed by atoms with Crippen LogP contribution in [0.3, 0.4) is 0 Å². The second kappa shape index (κ2) is 23.5. The van der Waals surface area contributed by atoms with Gasteiger partial charge < -0.3 is 20.1 Å². The van der Waals surface area contributed by atoms with Crippen LogP contribution in [-0.2, 0) is 23.1 Å². The first kappa shape index (κ1) is 50.4. The third-order valence-electron chi connectivity index (χ3n) is 11.6. The number of ether oxygens (including phenoxy) is 1. The van der Waals surface area contributed by atoms with Gasteiger partial charge in [0.1, 0.15) is 11.9 Å². The molecule has 1 saturated heterocycles. The lowest BCUT2D eigenvalue weighted by atomic mass is 9.98. The van der Waals surface area contributed by atoms with Gasteiger partial charge in [0.15, 0.2) is 6.10 Å². The maximum Gasteiger partial charge on any atom is 0.472 e. The minimum atomic E-state index is -4.82. The molecule has 11 nitrogen and oxygen atoms in total. The topological polar surface area (TPSA) is 149 Å². The van der Waals surface area contributed by atoms with Crippen molar-refractivity contribution in [1.29, 1.82) is 0 Å². The smallest absolute Gasteiger partial charge is 0.384 e. The monoisotopic (exact) mass is 903 g/mol. The second-order valence-electron chi connectivity index (χ2n) is 17.2. The number of alkyl halides is 2. The molecular formula is C50H64F2N3O8P. The van der Waals surface area contributed by atoms with Crippen LogP contribution in [0.1, 0.15) is 129 Å². The number of rotatable bonds is 23. The Morgan fingerprint density at radius 3 is 1.81 bits per heavy atom. The van der Waals surface area contributed by atoms with Crippen LogP contribution in [0.25, 0.3) is 11.1 Å². The number of benzene rings is 2.